The topological polar surface area (TPSA) is 103 Å². The third-order valence-corrected chi connectivity index (χ3v) is 2.56. The van der Waals surface area contributed by atoms with Crippen molar-refractivity contribution >= 4 is 11.9 Å². The van der Waals surface area contributed by atoms with Crippen LogP contribution in [0.25, 0.3) is 0 Å². The molecule has 1 aromatic rings. The number of carboxylic acids is 1. The number of nitrogens with zero attached hydrogens (tertiary/aromatic N) is 1. The number of hydrogen-bond acceptors (Lipinski definition) is 5. The Bertz CT molecular complexity index is 468. The first kappa shape index (κ1) is 16.1. The number of carbonyl (C=O) groups excluding carboxylic acids is 1. The van der Waals surface area contributed by atoms with Crippen molar-refractivity contribution in [3.8, 4) is 0 Å². The lowest BCUT2D eigenvalue weighted by Crippen LogP contribution is -2.39. The van der Waals surface area contributed by atoms with Crippen LogP contribution in [-0.4, -0.2) is 33.7 Å². The summed E-state index contributed by atoms with van der Waals surface area (Å²) in [4.78, 5) is 26.9. The lowest BCUT2D eigenvalue weighted by molar-refractivity contribution is -0.157. The molecule has 0 aliphatic heterocycles. The van der Waals surface area contributed by atoms with Gasteiger partial charge in [0.25, 0.3) is 0 Å². The van der Waals surface area contributed by atoms with E-state index in [4.69, 9.17) is 15.6 Å². The molecular weight excluding hydrogens is 260 g/mol. The average Bonchev–Trinajstić information content (AvgIpc) is 2.26. The van der Waals surface area contributed by atoms with Crippen LogP contribution in [0.15, 0.2) is 24.5 Å². The SMILES string of the molecule is CC(C)(C)OC(=O)[C@H](c1ccncc1)[C@@H](N)CC(=O)O. The number of carbonyl (C=O) groups is 2. The summed E-state index contributed by atoms with van der Waals surface area (Å²) in [5.74, 6) is -2.41. The van der Waals surface area contributed by atoms with Gasteiger partial charge in [0.05, 0.1) is 12.3 Å². The average molecular weight is 280 g/mol. The number of aliphatic carboxylic acids is 1. The maximum atomic E-state index is 12.3. The molecule has 110 valence electrons. The molecule has 20 heavy (non-hydrogen) atoms. The van der Waals surface area contributed by atoms with Crippen molar-refractivity contribution in [1.29, 1.82) is 0 Å². The first-order chi connectivity index (χ1) is 9.20. The minimum atomic E-state index is -1.06. The standard InChI is InChI=1S/C14H20N2O4/c1-14(2,3)20-13(19)12(10(15)8-11(17)18)9-4-6-16-7-5-9/h4-7,10,12H,8,15H2,1-3H3,(H,17,18)/t10-,12+/m0/s1. The molecule has 0 aliphatic carbocycles. The molecule has 0 spiro atoms. The molecule has 0 aromatic carbocycles. The predicted octanol–water partition coefficient (Wildman–Crippen LogP) is 1.31. The van der Waals surface area contributed by atoms with Crippen LogP contribution in [0, 0.1) is 0 Å². The second-order valence-electron chi connectivity index (χ2n) is 5.55. The number of rotatable bonds is 5. The first-order valence-corrected chi connectivity index (χ1v) is 6.31. The van der Waals surface area contributed by atoms with Gasteiger partial charge in [-0.05, 0) is 38.5 Å². The second kappa shape index (κ2) is 6.47. The van der Waals surface area contributed by atoms with Gasteiger partial charge in [0.1, 0.15) is 5.60 Å². The monoisotopic (exact) mass is 280 g/mol. The third-order valence-electron chi connectivity index (χ3n) is 2.56. The van der Waals surface area contributed by atoms with E-state index in [-0.39, 0.29) is 6.42 Å². The zero-order valence-electron chi connectivity index (χ0n) is 11.9. The zero-order chi connectivity index (χ0) is 15.3. The molecular formula is C14H20N2O4. The Hall–Kier alpha value is -1.95. The molecule has 0 bridgehead atoms. The predicted molar refractivity (Wildman–Crippen MR) is 73.1 cm³/mol. The summed E-state index contributed by atoms with van der Waals surface area (Å²) in [6.45, 7) is 5.24. The quantitative estimate of drug-likeness (QED) is 0.788. The van der Waals surface area contributed by atoms with Gasteiger partial charge >= 0.3 is 11.9 Å². The number of nitrogens with two attached hydrogens (primary N) is 1. The van der Waals surface area contributed by atoms with E-state index in [9.17, 15) is 9.59 Å². The molecule has 0 amide bonds. The molecule has 3 N–H and O–H groups in total. The summed E-state index contributed by atoms with van der Waals surface area (Å²) in [5, 5.41) is 8.85. The van der Waals surface area contributed by atoms with Crippen LogP contribution in [0.5, 0.6) is 0 Å². The molecule has 0 saturated heterocycles. The Labute approximate surface area is 118 Å². The summed E-state index contributed by atoms with van der Waals surface area (Å²) in [7, 11) is 0. The zero-order valence-corrected chi connectivity index (χ0v) is 11.9. The van der Waals surface area contributed by atoms with E-state index in [2.05, 4.69) is 4.98 Å². The highest BCUT2D eigenvalue weighted by molar-refractivity contribution is 5.80. The van der Waals surface area contributed by atoms with Crippen LogP contribution in [0.3, 0.4) is 0 Å². The van der Waals surface area contributed by atoms with E-state index in [0.717, 1.165) is 0 Å². The van der Waals surface area contributed by atoms with Crippen molar-refractivity contribution in [2.75, 3.05) is 0 Å². The maximum absolute atomic E-state index is 12.3. The molecule has 0 saturated carbocycles. The van der Waals surface area contributed by atoms with Gasteiger partial charge in [-0.15, -0.1) is 0 Å². The number of esters is 1. The van der Waals surface area contributed by atoms with Gasteiger partial charge in [-0.1, -0.05) is 0 Å². The first-order valence-electron chi connectivity index (χ1n) is 6.31. The second-order valence-corrected chi connectivity index (χ2v) is 5.55. The van der Waals surface area contributed by atoms with Crippen LogP contribution in [0.1, 0.15) is 38.7 Å². The van der Waals surface area contributed by atoms with Crippen LogP contribution < -0.4 is 5.73 Å². The number of carboxylic acid groups (broad SMARTS) is 1. The molecule has 6 nitrogen and oxygen atoms in total. The molecule has 1 heterocycles. The van der Waals surface area contributed by atoms with Crippen molar-refractivity contribution in [1.82, 2.24) is 4.98 Å². The molecule has 1 aromatic heterocycles. The van der Waals surface area contributed by atoms with Gasteiger partial charge in [0, 0.05) is 18.4 Å². The van der Waals surface area contributed by atoms with Crippen molar-refractivity contribution in [2.45, 2.75) is 44.8 Å². The fourth-order valence-electron chi connectivity index (χ4n) is 1.81. The van der Waals surface area contributed by atoms with Gasteiger partial charge in [-0.3, -0.25) is 14.6 Å². The summed E-state index contributed by atoms with van der Waals surface area (Å²) < 4.78 is 5.32. The van der Waals surface area contributed by atoms with E-state index in [0.29, 0.717) is 5.56 Å². The number of pyridine rings is 1. The summed E-state index contributed by atoms with van der Waals surface area (Å²) in [6.07, 6.45) is 2.74. The Kier molecular flexibility index (Phi) is 5.21. The van der Waals surface area contributed by atoms with Crippen molar-refractivity contribution < 1.29 is 19.4 Å². The number of aromatic nitrogens is 1. The Morgan fingerprint density at radius 1 is 1.35 bits per heavy atom. The van der Waals surface area contributed by atoms with Gasteiger partial charge in [-0.25, -0.2) is 0 Å². The van der Waals surface area contributed by atoms with Crippen molar-refractivity contribution in [3.63, 3.8) is 0 Å². The number of ether oxygens (including phenoxy) is 1. The molecule has 1 rings (SSSR count). The Morgan fingerprint density at radius 3 is 2.35 bits per heavy atom. The van der Waals surface area contributed by atoms with Crippen LogP contribution in [0.2, 0.25) is 0 Å². The summed E-state index contributed by atoms with van der Waals surface area (Å²) in [5.41, 5.74) is 5.81. The molecule has 0 aliphatic rings. The molecule has 6 heteroatoms. The molecule has 0 fully saturated rings. The third kappa shape index (κ3) is 4.97. The van der Waals surface area contributed by atoms with Crippen LogP contribution in [-0.2, 0) is 14.3 Å². The van der Waals surface area contributed by atoms with Crippen LogP contribution in [0.4, 0.5) is 0 Å². The minimum absolute atomic E-state index is 0.313. The van der Waals surface area contributed by atoms with E-state index >= 15 is 0 Å². The molecule has 0 radical (unpaired) electrons. The smallest absolute Gasteiger partial charge is 0.315 e. The Morgan fingerprint density at radius 2 is 1.90 bits per heavy atom. The fraction of sp³-hybridized carbons (Fsp3) is 0.500. The van der Waals surface area contributed by atoms with Gasteiger partial charge in [-0.2, -0.15) is 0 Å². The van der Waals surface area contributed by atoms with E-state index < -0.39 is 29.5 Å². The summed E-state index contributed by atoms with van der Waals surface area (Å²) in [6, 6.07) is 2.41. The Balaban J connectivity index is 3.02. The minimum Gasteiger partial charge on any atom is -0.481 e. The largest absolute Gasteiger partial charge is 0.481 e. The van der Waals surface area contributed by atoms with E-state index in [1.807, 2.05) is 0 Å². The van der Waals surface area contributed by atoms with Gasteiger partial charge in [0.2, 0.25) is 0 Å². The highest BCUT2D eigenvalue weighted by Crippen LogP contribution is 2.24. The number of hydrogen-bond donors (Lipinski definition) is 2. The van der Waals surface area contributed by atoms with E-state index in [1.165, 1.54) is 12.4 Å². The van der Waals surface area contributed by atoms with E-state index in [1.54, 1.807) is 32.9 Å². The van der Waals surface area contributed by atoms with Crippen LogP contribution >= 0.6 is 0 Å². The van der Waals surface area contributed by atoms with Gasteiger partial charge in [0.15, 0.2) is 0 Å². The summed E-state index contributed by atoms with van der Waals surface area (Å²) >= 11 is 0. The molecule has 0 unspecified atom stereocenters. The highest BCUT2D eigenvalue weighted by Gasteiger charge is 2.32. The lowest BCUT2D eigenvalue weighted by Gasteiger charge is -2.26. The fourth-order valence-corrected chi connectivity index (χ4v) is 1.81. The lowest BCUT2D eigenvalue weighted by atomic mass is 9.90. The normalized spacial score (nSPS) is 14.4. The van der Waals surface area contributed by atoms with Gasteiger partial charge < -0.3 is 15.6 Å². The van der Waals surface area contributed by atoms with Crippen molar-refractivity contribution in [2.24, 2.45) is 5.73 Å². The molecule has 2 atom stereocenters. The highest BCUT2D eigenvalue weighted by atomic mass is 16.6. The van der Waals surface area contributed by atoms with Crippen molar-refractivity contribution in [3.05, 3.63) is 30.1 Å². The maximum Gasteiger partial charge on any atom is 0.315 e.